The van der Waals surface area contributed by atoms with Crippen LogP contribution in [0.3, 0.4) is 0 Å². The Labute approximate surface area is 92.6 Å². The number of hydrogen-bond acceptors (Lipinski definition) is 0. The van der Waals surface area contributed by atoms with Crippen molar-refractivity contribution in [3.8, 4) is 0 Å². The number of benzene rings is 1. The van der Waals surface area contributed by atoms with Gasteiger partial charge in [0.1, 0.15) is 0 Å². The van der Waals surface area contributed by atoms with Gasteiger partial charge in [0.25, 0.3) is 0 Å². The molecule has 0 heteroatoms. The van der Waals surface area contributed by atoms with Crippen molar-refractivity contribution in [1.29, 1.82) is 0 Å². The molecule has 0 N–H and O–H groups in total. The van der Waals surface area contributed by atoms with Crippen LogP contribution in [0.4, 0.5) is 0 Å². The second kappa shape index (κ2) is 5.35. The summed E-state index contributed by atoms with van der Waals surface area (Å²) in [5.41, 5.74) is 5.11. The molecular formula is C15H18. The SMILES string of the molecule is C=C/C=C(\C=C/C)c1ccc(C)c(C)c1. The summed E-state index contributed by atoms with van der Waals surface area (Å²) in [5, 5.41) is 0. The van der Waals surface area contributed by atoms with Crippen molar-refractivity contribution in [2.45, 2.75) is 20.8 Å². The van der Waals surface area contributed by atoms with Crippen LogP contribution >= 0.6 is 0 Å². The van der Waals surface area contributed by atoms with E-state index in [4.69, 9.17) is 0 Å². The Morgan fingerprint density at radius 3 is 2.47 bits per heavy atom. The molecule has 15 heavy (non-hydrogen) atoms. The van der Waals surface area contributed by atoms with Gasteiger partial charge in [0.15, 0.2) is 0 Å². The topological polar surface area (TPSA) is 0 Å². The zero-order chi connectivity index (χ0) is 11.3. The third-order valence-electron chi connectivity index (χ3n) is 2.48. The summed E-state index contributed by atoms with van der Waals surface area (Å²) in [6.45, 7) is 10.0. The van der Waals surface area contributed by atoms with Crippen LogP contribution in [0.1, 0.15) is 23.6 Å². The molecule has 0 aliphatic carbocycles. The first kappa shape index (κ1) is 11.5. The first-order valence-corrected chi connectivity index (χ1v) is 5.22. The van der Waals surface area contributed by atoms with Gasteiger partial charge in [0.05, 0.1) is 0 Å². The second-order valence-electron chi connectivity index (χ2n) is 3.66. The summed E-state index contributed by atoms with van der Waals surface area (Å²) in [5.74, 6) is 0. The van der Waals surface area contributed by atoms with Gasteiger partial charge in [-0.2, -0.15) is 0 Å². The molecular weight excluding hydrogens is 180 g/mol. The van der Waals surface area contributed by atoms with E-state index in [1.165, 1.54) is 22.3 Å². The predicted molar refractivity (Wildman–Crippen MR) is 68.9 cm³/mol. The van der Waals surface area contributed by atoms with Gasteiger partial charge < -0.3 is 0 Å². The molecule has 1 rings (SSSR count). The number of hydrogen-bond donors (Lipinski definition) is 0. The first-order chi connectivity index (χ1) is 7.19. The standard InChI is InChI=1S/C15H18/c1-5-7-14(8-6-2)15-10-9-12(3)13(4)11-15/h5-11H,1H2,2-4H3/b8-6-,14-7+. The van der Waals surface area contributed by atoms with Gasteiger partial charge in [-0.3, -0.25) is 0 Å². The second-order valence-corrected chi connectivity index (χ2v) is 3.66. The van der Waals surface area contributed by atoms with Gasteiger partial charge in [-0.15, -0.1) is 0 Å². The van der Waals surface area contributed by atoms with Gasteiger partial charge in [-0.05, 0) is 43.0 Å². The molecule has 0 atom stereocenters. The van der Waals surface area contributed by atoms with Crippen molar-refractivity contribution in [3.05, 3.63) is 65.8 Å². The fourth-order valence-electron chi connectivity index (χ4n) is 1.48. The van der Waals surface area contributed by atoms with E-state index in [-0.39, 0.29) is 0 Å². The summed E-state index contributed by atoms with van der Waals surface area (Å²) >= 11 is 0. The first-order valence-electron chi connectivity index (χ1n) is 5.22. The molecule has 1 aromatic carbocycles. The minimum Gasteiger partial charge on any atom is -0.0990 e. The summed E-state index contributed by atoms with van der Waals surface area (Å²) in [6.07, 6.45) is 8.00. The molecule has 0 aliphatic rings. The predicted octanol–water partition coefficient (Wildman–Crippen LogP) is 4.45. The van der Waals surface area contributed by atoms with E-state index in [2.05, 4.69) is 44.7 Å². The van der Waals surface area contributed by atoms with Crippen molar-refractivity contribution < 1.29 is 0 Å². The molecule has 0 radical (unpaired) electrons. The van der Waals surface area contributed by atoms with Gasteiger partial charge in [0.2, 0.25) is 0 Å². The number of rotatable bonds is 3. The molecule has 0 aliphatic heterocycles. The lowest BCUT2D eigenvalue weighted by Crippen LogP contribution is -1.85. The van der Waals surface area contributed by atoms with Crippen molar-refractivity contribution in [2.75, 3.05) is 0 Å². The lowest BCUT2D eigenvalue weighted by molar-refractivity contribution is 1.33. The molecule has 0 fully saturated rings. The van der Waals surface area contributed by atoms with Crippen molar-refractivity contribution in [1.82, 2.24) is 0 Å². The van der Waals surface area contributed by atoms with E-state index in [9.17, 15) is 0 Å². The summed E-state index contributed by atoms with van der Waals surface area (Å²) in [7, 11) is 0. The minimum absolute atomic E-state index is 1.20. The quantitative estimate of drug-likeness (QED) is 0.629. The zero-order valence-electron chi connectivity index (χ0n) is 9.75. The van der Waals surface area contributed by atoms with Crippen LogP contribution in [0.2, 0.25) is 0 Å². The Kier molecular flexibility index (Phi) is 4.11. The summed E-state index contributed by atoms with van der Waals surface area (Å²) in [6, 6.07) is 6.52. The Morgan fingerprint density at radius 2 is 1.93 bits per heavy atom. The average molecular weight is 198 g/mol. The molecule has 78 valence electrons. The molecule has 0 nitrogen and oxygen atoms in total. The lowest BCUT2D eigenvalue weighted by atomic mass is 10.00. The third-order valence-corrected chi connectivity index (χ3v) is 2.48. The van der Waals surface area contributed by atoms with Gasteiger partial charge in [-0.1, -0.05) is 49.1 Å². The fourth-order valence-corrected chi connectivity index (χ4v) is 1.48. The highest BCUT2D eigenvalue weighted by Crippen LogP contribution is 2.19. The van der Waals surface area contributed by atoms with Crippen molar-refractivity contribution in [2.24, 2.45) is 0 Å². The van der Waals surface area contributed by atoms with E-state index in [1.54, 1.807) is 0 Å². The van der Waals surface area contributed by atoms with Crippen LogP contribution in [0.5, 0.6) is 0 Å². The smallest absolute Gasteiger partial charge is 0.0181 e. The molecule has 0 saturated heterocycles. The highest BCUT2D eigenvalue weighted by atomic mass is 14.0. The molecule has 0 amide bonds. The average Bonchev–Trinajstić information content (AvgIpc) is 2.22. The van der Waals surface area contributed by atoms with Crippen LogP contribution in [-0.2, 0) is 0 Å². The lowest BCUT2D eigenvalue weighted by Gasteiger charge is -2.05. The Morgan fingerprint density at radius 1 is 1.20 bits per heavy atom. The van der Waals surface area contributed by atoms with E-state index < -0.39 is 0 Å². The van der Waals surface area contributed by atoms with Crippen LogP contribution < -0.4 is 0 Å². The maximum absolute atomic E-state index is 3.74. The maximum atomic E-state index is 3.74. The van der Waals surface area contributed by atoms with E-state index in [1.807, 2.05) is 25.2 Å². The van der Waals surface area contributed by atoms with Crippen LogP contribution in [0.15, 0.2) is 49.1 Å². The van der Waals surface area contributed by atoms with Crippen LogP contribution in [-0.4, -0.2) is 0 Å². The summed E-state index contributed by atoms with van der Waals surface area (Å²) < 4.78 is 0. The van der Waals surface area contributed by atoms with Crippen molar-refractivity contribution >= 4 is 5.57 Å². The summed E-state index contributed by atoms with van der Waals surface area (Å²) in [4.78, 5) is 0. The van der Waals surface area contributed by atoms with Crippen LogP contribution in [0, 0.1) is 13.8 Å². The minimum atomic E-state index is 1.20. The van der Waals surface area contributed by atoms with E-state index >= 15 is 0 Å². The van der Waals surface area contributed by atoms with Gasteiger partial charge >= 0.3 is 0 Å². The zero-order valence-corrected chi connectivity index (χ0v) is 9.75. The van der Waals surface area contributed by atoms with E-state index in [0.717, 1.165) is 0 Å². The van der Waals surface area contributed by atoms with Crippen LogP contribution in [0.25, 0.3) is 5.57 Å². The monoisotopic (exact) mass is 198 g/mol. The highest BCUT2D eigenvalue weighted by Gasteiger charge is 1.98. The fraction of sp³-hybridized carbons (Fsp3) is 0.200. The van der Waals surface area contributed by atoms with Gasteiger partial charge in [-0.25, -0.2) is 0 Å². The largest absolute Gasteiger partial charge is 0.0990 e. The molecule has 0 spiro atoms. The number of aryl methyl sites for hydroxylation is 2. The van der Waals surface area contributed by atoms with Gasteiger partial charge in [0, 0.05) is 0 Å². The maximum Gasteiger partial charge on any atom is -0.0181 e. The van der Waals surface area contributed by atoms with E-state index in [0.29, 0.717) is 0 Å². The molecule has 0 aromatic heterocycles. The Bertz CT molecular complexity index is 406. The molecule has 0 heterocycles. The molecule has 0 saturated carbocycles. The Balaban J connectivity index is 3.18. The molecule has 1 aromatic rings. The normalized spacial score (nSPS) is 12.1. The third kappa shape index (κ3) is 2.95. The highest BCUT2D eigenvalue weighted by molar-refractivity contribution is 5.75. The van der Waals surface area contributed by atoms with Crippen molar-refractivity contribution in [3.63, 3.8) is 0 Å². The number of allylic oxidation sites excluding steroid dienone is 5. The molecule has 0 unspecified atom stereocenters. The molecule has 0 bridgehead atoms. The Hall–Kier alpha value is -1.56.